The van der Waals surface area contributed by atoms with E-state index in [1.54, 1.807) is 37.4 Å². The second kappa shape index (κ2) is 16.6. The highest BCUT2D eigenvalue weighted by Gasteiger charge is 2.39. The number of carbonyl (C=O) groups excluding carboxylic acids is 3. The number of ether oxygens (including phenoxy) is 1. The largest absolute Gasteiger partial charge is 0.444 e. The lowest BCUT2D eigenvalue weighted by Crippen LogP contribution is -2.55. The van der Waals surface area contributed by atoms with Gasteiger partial charge in [-0.1, -0.05) is 62.4 Å². The Bertz CT molecular complexity index is 1160. The number of nitrogens with one attached hydrogen (secondary N) is 2. The van der Waals surface area contributed by atoms with Gasteiger partial charge in [0, 0.05) is 12.6 Å². The Morgan fingerprint density at radius 3 is 2.19 bits per heavy atom. The standard InChI is InChI=1S/C34H51N3O4S/c1-23(2)18-19-25(4)37(32(39)29(20-21-42-9)36-33(40)41-34(6,7)8)30(28-17-13-14-24(3)26(28)5)31(38)35-22-27-15-11-10-12-16-27/h10-17,23,25,29-30H,18-22H2,1-9H3,(H,35,38)(H,36,40). The number of thioether (sulfide) groups is 1. The first-order valence-corrected chi connectivity index (χ1v) is 16.3. The van der Waals surface area contributed by atoms with Gasteiger partial charge in [-0.2, -0.15) is 11.8 Å². The molecule has 2 N–H and O–H groups in total. The van der Waals surface area contributed by atoms with Gasteiger partial charge in [-0.15, -0.1) is 0 Å². The van der Waals surface area contributed by atoms with Gasteiger partial charge in [0.15, 0.2) is 0 Å². The molecule has 3 atom stereocenters. The van der Waals surface area contributed by atoms with E-state index in [2.05, 4.69) is 24.5 Å². The Labute approximate surface area is 257 Å². The van der Waals surface area contributed by atoms with Crippen LogP contribution >= 0.6 is 11.8 Å². The van der Waals surface area contributed by atoms with Gasteiger partial charge in [-0.05, 0) is 101 Å². The van der Waals surface area contributed by atoms with Crippen LogP contribution in [0.3, 0.4) is 0 Å². The molecule has 0 saturated heterocycles. The van der Waals surface area contributed by atoms with Gasteiger partial charge < -0.3 is 20.3 Å². The Kier molecular flexibility index (Phi) is 13.9. The summed E-state index contributed by atoms with van der Waals surface area (Å²) in [4.78, 5) is 43.4. The quantitative estimate of drug-likeness (QED) is 0.246. The summed E-state index contributed by atoms with van der Waals surface area (Å²) in [6.45, 7) is 16.0. The highest BCUT2D eigenvalue weighted by Crippen LogP contribution is 2.31. The van der Waals surface area contributed by atoms with Crippen molar-refractivity contribution in [3.05, 3.63) is 70.8 Å². The molecule has 3 unspecified atom stereocenters. The maximum absolute atomic E-state index is 14.6. The summed E-state index contributed by atoms with van der Waals surface area (Å²) < 4.78 is 5.53. The number of alkyl carbamates (subject to hydrolysis) is 1. The molecule has 0 radical (unpaired) electrons. The summed E-state index contributed by atoms with van der Waals surface area (Å²) in [7, 11) is 0. The Morgan fingerprint density at radius 1 is 0.929 bits per heavy atom. The maximum Gasteiger partial charge on any atom is 0.408 e. The van der Waals surface area contributed by atoms with Crippen LogP contribution in [0.15, 0.2) is 48.5 Å². The van der Waals surface area contributed by atoms with Crippen LogP contribution in [0.25, 0.3) is 0 Å². The van der Waals surface area contributed by atoms with E-state index in [1.165, 1.54) is 0 Å². The molecule has 0 spiro atoms. The van der Waals surface area contributed by atoms with Gasteiger partial charge >= 0.3 is 6.09 Å². The van der Waals surface area contributed by atoms with Gasteiger partial charge in [-0.25, -0.2) is 4.79 Å². The fraction of sp³-hybridized carbons (Fsp3) is 0.559. The Balaban J connectivity index is 2.60. The van der Waals surface area contributed by atoms with Crippen LogP contribution in [0, 0.1) is 19.8 Å². The van der Waals surface area contributed by atoms with Crippen LogP contribution in [0.2, 0.25) is 0 Å². The zero-order chi connectivity index (χ0) is 31.4. The van der Waals surface area contributed by atoms with E-state index in [9.17, 15) is 14.4 Å². The lowest BCUT2D eigenvalue weighted by molar-refractivity contribution is -0.145. The third-order valence-electron chi connectivity index (χ3n) is 7.27. The molecular weight excluding hydrogens is 546 g/mol. The van der Waals surface area contributed by atoms with Crippen molar-refractivity contribution in [1.29, 1.82) is 0 Å². The van der Waals surface area contributed by atoms with E-state index >= 15 is 0 Å². The number of hydrogen-bond donors (Lipinski definition) is 2. The zero-order valence-electron chi connectivity index (χ0n) is 27.0. The lowest BCUT2D eigenvalue weighted by atomic mass is 9.92. The molecule has 2 aromatic rings. The third-order valence-corrected chi connectivity index (χ3v) is 7.91. The summed E-state index contributed by atoms with van der Waals surface area (Å²) in [5.74, 6) is 0.558. The van der Waals surface area contributed by atoms with E-state index in [4.69, 9.17) is 4.74 Å². The van der Waals surface area contributed by atoms with Crippen molar-refractivity contribution >= 4 is 29.7 Å². The van der Waals surface area contributed by atoms with Crippen molar-refractivity contribution in [2.75, 3.05) is 12.0 Å². The second-order valence-electron chi connectivity index (χ2n) is 12.4. The molecule has 0 aliphatic heterocycles. The topological polar surface area (TPSA) is 87.7 Å². The minimum absolute atomic E-state index is 0.252. The van der Waals surface area contributed by atoms with Crippen LogP contribution in [0.4, 0.5) is 4.79 Å². The molecule has 0 aliphatic rings. The van der Waals surface area contributed by atoms with Gasteiger partial charge in [-0.3, -0.25) is 9.59 Å². The van der Waals surface area contributed by atoms with Crippen molar-refractivity contribution in [2.45, 2.75) is 105 Å². The Morgan fingerprint density at radius 2 is 1.60 bits per heavy atom. The molecule has 0 saturated carbocycles. The van der Waals surface area contributed by atoms with Gasteiger partial charge in [0.1, 0.15) is 17.7 Å². The minimum Gasteiger partial charge on any atom is -0.444 e. The minimum atomic E-state index is -0.875. The summed E-state index contributed by atoms with van der Waals surface area (Å²) in [6, 6.07) is 13.6. The first-order valence-electron chi connectivity index (χ1n) is 14.9. The smallest absolute Gasteiger partial charge is 0.408 e. The monoisotopic (exact) mass is 597 g/mol. The SMILES string of the molecule is CSCCC(NC(=O)OC(C)(C)C)C(=O)N(C(C)CCC(C)C)C(C(=O)NCc1ccccc1)c1cccc(C)c1C. The fourth-order valence-corrected chi connectivity index (χ4v) is 5.28. The average Bonchev–Trinajstić information content (AvgIpc) is 2.92. The van der Waals surface area contributed by atoms with Crippen molar-refractivity contribution < 1.29 is 19.1 Å². The molecule has 2 rings (SSSR count). The molecule has 0 fully saturated rings. The van der Waals surface area contributed by atoms with E-state index in [-0.39, 0.29) is 17.9 Å². The molecular formula is C34H51N3O4S. The molecule has 0 bridgehead atoms. The summed E-state index contributed by atoms with van der Waals surface area (Å²) in [5.41, 5.74) is 3.06. The van der Waals surface area contributed by atoms with E-state index < -0.39 is 23.8 Å². The molecule has 0 aromatic heterocycles. The van der Waals surface area contributed by atoms with E-state index in [1.807, 2.05) is 75.6 Å². The van der Waals surface area contributed by atoms with Crippen molar-refractivity contribution in [3.63, 3.8) is 0 Å². The molecule has 0 heterocycles. The predicted octanol–water partition coefficient (Wildman–Crippen LogP) is 6.96. The van der Waals surface area contributed by atoms with Crippen LogP contribution in [-0.2, 0) is 20.9 Å². The lowest BCUT2D eigenvalue weighted by Gasteiger charge is -2.39. The fourth-order valence-electron chi connectivity index (χ4n) is 4.80. The van der Waals surface area contributed by atoms with Crippen LogP contribution in [0.1, 0.15) is 89.1 Å². The number of aryl methyl sites for hydroxylation is 1. The molecule has 42 heavy (non-hydrogen) atoms. The van der Waals surface area contributed by atoms with Gasteiger partial charge in [0.2, 0.25) is 11.8 Å². The normalized spacial score (nSPS) is 13.7. The maximum atomic E-state index is 14.6. The van der Waals surface area contributed by atoms with Crippen molar-refractivity contribution in [1.82, 2.24) is 15.5 Å². The summed E-state index contributed by atoms with van der Waals surface area (Å²) in [5, 5.41) is 5.94. The molecule has 8 heteroatoms. The van der Waals surface area contributed by atoms with Crippen LogP contribution in [0.5, 0.6) is 0 Å². The molecule has 0 aliphatic carbocycles. The molecule has 2 aromatic carbocycles. The van der Waals surface area contributed by atoms with Gasteiger partial charge in [0.25, 0.3) is 0 Å². The average molecular weight is 598 g/mol. The molecule has 7 nitrogen and oxygen atoms in total. The van der Waals surface area contributed by atoms with Crippen LogP contribution in [-0.4, -0.2) is 52.5 Å². The predicted molar refractivity (Wildman–Crippen MR) is 173 cm³/mol. The number of benzene rings is 2. The highest BCUT2D eigenvalue weighted by molar-refractivity contribution is 7.98. The number of nitrogens with zero attached hydrogens (tertiary/aromatic N) is 1. The summed E-state index contributed by atoms with van der Waals surface area (Å²) in [6.07, 6.45) is 3.35. The number of amides is 3. The molecule has 3 amide bonds. The number of rotatable bonds is 14. The number of carbonyl (C=O) groups is 3. The first-order chi connectivity index (χ1) is 19.7. The second-order valence-corrected chi connectivity index (χ2v) is 13.4. The van der Waals surface area contributed by atoms with E-state index in [0.29, 0.717) is 24.6 Å². The van der Waals surface area contributed by atoms with E-state index in [0.717, 1.165) is 35.1 Å². The zero-order valence-corrected chi connectivity index (χ0v) is 27.8. The third kappa shape index (κ3) is 11.0. The van der Waals surface area contributed by atoms with Crippen molar-refractivity contribution in [2.24, 2.45) is 5.92 Å². The summed E-state index contributed by atoms with van der Waals surface area (Å²) >= 11 is 1.60. The van der Waals surface area contributed by atoms with Crippen LogP contribution < -0.4 is 10.6 Å². The molecule has 232 valence electrons. The van der Waals surface area contributed by atoms with Crippen molar-refractivity contribution in [3.8, 4) is 0 Å². The highest BCUT2D eigenvalue weighted by atomic mass is 32.2. The Hall–Kier alpha value is -3.00. The first kappa shape index (κ1) is 35.2. The van der Waals surface area contributed by atoms with Gasteiger partial charge in [0.05, 0.1) is 0 Å². The number of hydrogen-bond acceptors (Lipinski definition) is 5.